The Bertz CT molecular complexity index is 610. The highest BCUT2D eigenvalue weighted by molar-refractivity contribution is 7.98. The van der Waals surface area contributed by atoms with E-state index in [1.54, 1.807) is 0 Å². The van der Waals surface area contributed by atoms with E-state index in [1.165, 1.54) is 16.7 Å². The van der Waals surface area contributed by atoms with E-state index < -0.39 is 0 Å². The van der Waals surface area contributed by atoms with Crippen LogP contribution in [-0.4, -0.2) is 18.2 Å². The zero-order valence-electron chi connectivity index (χ0n) is 13.3. The van der Waals surface area contributed by atoms with E-state index in [1.807, 2.05) is 17.8 Å². The van der Waals surface area contributed by atoms with Crippen LogP contribution in [0.2, 0.25) is 0 Å². The number of hydrogen-bond acceptors (Lipinski definition) is 2. The van der Waals surface area contributed by atoms with E-state index in [9.17, 15) is 4.79 Å². The molecule has 2 rings (SSSR count). The Hall–Kier alpha value is -1.74. The third kappa shape index (κ3) is 5.57. The first kappa shape index (κ1) is 16.6. The van der Waals surface area contributed by atoms with Crippen molar-refractivity contribution < 1.29 is 4.79 Å². The molecule has 2 nitrogen and oxygen atoms in total. The Labute approximate surface area is 137 Å². The van der Waals surface area contributed by atoms with Gasteiger partial charge in [-0.3, -0.25) is 4.79 Å². The van der Waals surface area contributed by atoms with E-state index >= 15 is 0 Å². The average molecular weight is 313 g/mol. The number of amides is 1. The molecule has 22 heavy (non-hydrogen) atoms. The maximum absolute atomic E-state index is 12.0. The summed E-state index contributed by atoms with van der Waals surface area (Å²) in [4.78, 5) is 12.0. The van der Waals surface area contributed by atoms with Gasteiger partial charge in [0.25, 0.3) is 0 Å². The van der Waals surface area contributed by atoms with Gasteiger partial charge in [0.2, 0.25) is 5.91 Å². The van der Waals surface area contributed by atoms with E-state index in [0.29, 0.717) is 6.42 Å². The molecule has 0 aromatic heterocycles. The quantitative estimate of drug-likeness (QED) is 0.786. The molecule has 1 amide bonds. The van der Waals surface area contributed by atoms with Crippen LogP contribution < -0.4 is 5.32 Å². The van der Waals surface area contributed by atoms with E-state index in [4.69, 9.17) is 0 Å². The number of carbonyl (C=O) groups excluding carboxylic acids is 1. The second-order valence-corrected chi connectivity index (χ2v) is 6.60. The summed E-state index contributed by atoms with van der Waals surface area (Å²) in [6.45, 7) is 4.83. The molecule has 0 spiro atoms. The van der Waals surface area contributed by atoms with Crippen molar-refractivity contribution in [2.75, 3.05) is 12.3 Å². The van der Waals surface area contributed by atoms with Crippen LogP contribution in [0.25, 0.3) is 0 Å². The highest BCUT2D eigenvalue weighted by atomic mass is 32.2. The maximum Gasteiger partial charge on any atom is 0.224 e. The normalized spacial score (nSPS) is 10.5. The SMILES string of the molecule is Cc1ccc(C)c(CC(=O)NCCSCc2ccccc2)c1. The standard InChI is InChI=1S/C19H23NOS/c1-15-8-9-16(2)18(12-15)13-19(21)20-10-11-22-14-17-6-4-3-5-7-17/h3-9,12H,10-11,13-14H2,1-2H3,(H,20,21). The summed E-state index contributed by atoms with van der Waals surface area (Å²) in [7, 11) is 0. The number of aryl methyl sites for hydroxylation is 2. The van der Waals surface area contributed by atoms with Gasteiger partial charge in [-0.05, 0) is 30.5 Å². The molecule has 0 aliphatic heterocycles. The average Bonchev–Trinajstić information content (AvgIpc) is 2.51. The number of carbonyl (C=O) groups is 1. The van der Waals surface area contributed by atoms with E-state index in [0.717, 1.165) is 23.6 Å². The van der Waals surface area contributed by atoms with Crippen molar-refractivity contribution in [1.29, 1.82) is 0 Å². The molecule has 116 valence electrons. The maximum atomic E-state index is 12.0. The van der Waals surface area contributed by atoms with Gasteiger partial charge in [0.15, 0.2) is 0 Å². The van der Waals surface area contributed by atoms with E-state index in [-0.39, 0.29) is 5.91 Å². The van der Waals surface area contributed by atoms with Gasteiger partial charge in [-0.25, -0.2) is 0 Å². The molecule has 0 bridgehead atoms. The summed E-state index contributed by atoms with van der Waals surface area (Å²) < 4.78 is 0. The lowest BCUT2D eigenvalue weighted by Gasteiger charge is -2.08. The molecular formula is C19H23NOS. The van der Waals surface area contributed by atoms with Crippen LogP contribution in [0.4, 0.5) is 0 Å². The van der Waals surface area contributed by atoms with Crippen LogP contribution in [0, 0.1) is 13.8 Å². The van der Waals surface area contributed by atoms with Crippen LogP contribution in [0.3, 0.4) is 0 Å². The molecule has 0 atom stereocenters. The van der Waals surface area contributed by atoms with Crippen LogP contribution in [0.15, 0.2) is 48.5 Å². The van der Waals surface area contributed by atoms with Crippen molar-refractivity contribution in [3.63, 3.8) is 0 Å². The van der Waals surface area contributed by atoms with Crippen LogP contribution >= 0.6 is 11.8 Å². The smallest absolute Gasteiger partial charge is 0.224 e. The number of rotatable bonds is 7. The summed E-state index contributed by atoms with van der Waals surface area (Å²) in [6, 6.07) is 16.7. The molecule has 0 saturated carbocycles. The summed E-state index contributed by atoms with van der Waals surface area (Å²) in [5.41, 5.74) is 4.83. The lowest BCUT2D eigenvalue weighted by molar-refractivity contribution is -0.120. The minimum absolute atomic E-state index is 0.106. The first-order valence-corrected chi connectivity index (χ1v) is 8.75. The Morgan fingerprint density at radius 1 is 1.09 bits per heavy atom. The molecule has 0 saturated heterocycles. The minimum Gasteiger partial charge on any atom is -0.355 e. The fourth-order valence-electron chi connectivity index (χ4n) is 2.25. The third-order valence-electron chi connectivity index (χ3n) is 3.54. The van der Waals surface area contributed by atoms with Gasteiger partial charge in [-0.15, -0.1) is 0 Å². The van der Waals surface area contributed by atoms with Gasteiger partial charge in [0.05, 0.1) is 6.42 Å². The van der Waals surface area contributed by atoms with Crippen molar-refractivity contribution in [3.8, 4) is 0 Å². The van der Waals surface area contributed by atoms with Crippen molar-refractivity contribution in [3.05, 3.63) is 70.8 Å². The Morgan fingerprint density at radius 3 is 2.64 bits per heavy atom. The lowest BCUT2D eigenvalue weighted by atomic mass is 10.0. The Kier molecular flexibility index (Phi) is 6.53. The largest absolute Gasteiger partial charge is 0.355 e. The molecule has 2 aromatic carbocycles. The zero-order chi connectivity index (χ0) is 15.8. The fraction of sp³-hybridized carbons (Fsp3) is 0.316. The number of nitrogens with one attached hydrogen (secondary N) is 1. The Balaban J connectivity index is 1.66. The highest BCUT2D eigenvalue weighted by Gasteiger charge is 2.05. The van der Waals surface area contributed by atoms with Gasteiger partial charge in [-0.2, -0.15) is 11.8 Å². The van der Waals surface area contributed by atoms with Crippen molar-refractivity contribution in [2.45, 2.75) is 26.0 Å². The molecule has 3 heteroatoms. The van der Waals surface area contributed by atoms with Gasteiger partial charge in [0.1, 0.15) is 0 Å². The molecular weight excluding hydrogens is 290 g/mol. The molecule has 1 N–H and O–H groups in total. The summed E-state index contributed by atoms with van der Waals surface area (Å²) in [5, 5.41) is 3.00. The number of thioether (sulfide) groups is 1. The predicted molar refractivity (Wildman–Crippen MR) is 95.2 cm³/mol. The zero-order valence-corrected chi connectivity index (χ0v) is 14.1. The summed E-state index contributed by atoms with van der Waals surface area (Å²) in [6.07, 6.45) is 0.469. The summed E-state index contributed by atoms with van der Waals surface area (Å²) in [5.74, 6) is 2.04. The molecule has 0 heterocycles. The fourth-order valence-corrected chi connectivity index (χ4v) is 3.07. The molecule has 0 unspecified atom stereocenters. The van der Waals surface area contributed by atoms with Crippen LogP contribution in [-0.2, 0) is 17.0 Å². The second-order valence-electron chi connectivity index (χ2n) is 5.49. The van der Waals surface area contributed by atoms with Crippen molar-refractivity contribution >= 4 is 17.7 Å². The predicted octanol–water partition coefficient (Wildman–Crippen LogP) is 3.90. The van der Waals surface area contributed by atoms with Gasteiger partial charge < -0.3 is 5.32 Å². The second kappa shape index (κ2) is 8.64. The number of benzene rings is 2. The van der Waals surface area contributed by atoms with Crippen molar-refractivity contribution in [1.82, 2.24) is 5.32 Å². The molecule has 0 aliphatic rings. The van der Waals surface area contributed by atoms with Crippen LogP contribution in [0.5, 0.6) is 0 Å². The first-order valence-electron chi connectivity index (χ1n) is 7.59. The molecule has 0 radical (unpaired) electrons. The lowest BCUT2D eigenvalue weighted by Crippen LogP contribution is -2.27. The Morgan fingerprint density at radius 2 is 1.86 bits per heavy atom. The third-order valence-corrected chi connectivity index (χ3v) is 4.57. The van der Waals surface area contributed by atoms with Gasteiger partial charge in [0, 0.05) is 18.1 Å². The monoisotopic (exact) mass is 313 g/mol. The van der Waals surface area contributed by atoms with Gasteiger partial charge in [-0.1, -0.05) is 54.1 Å². The topological polar surface area (TPSA) is 29.1 Å². The van der Waals surface area contributed by atoms with Crippen LogP contribution in [0.1, 0.15) is 22.3 Å². The molecule has 0 aliphatic carbocycles. The van der Waals surface area contributed by atoms with Gasteiger partial charge >= 0.3 is 0 Å². The molecule has 0 fully saturated rings. The molecule has 2 aromatic rings. The summed E-state index contributed by atoms with van der Waals surface area (Å²) >= 11 is 1.85. The number of hydrogen-bond donors (Lipinski definition) is 1. The first-order chi connectivity index (χ1) is 10.6. The van der Waals surface area contributed by atoms with E-state index in [2.05, 4.69) is 61.6 Å². The highest BCUT2D eigenvalue weighted by Crippen LogP contribution is 2.12. The van der Waals surface area contributed by atoms with Crippen molar-refractivity contribution in [2.24, 2.45) is 0 Å². The minimum atomic E-state index is 0.106.